The van der Waals surface area contributed by atoms with Crippen LogP contribution in [-0.4, -0.2) is 18.0 Å². The zero-order valence-electron chi connectivity index (χ0n) is 14.7. The number of halogens is 2. The second kappa shape index (κ2) is 8.73. The maximum atomic E-state index is 12.2. The van der Waals surface area contributed by atoms with Crippen molar-refractivity contribution in [2.24, 2.45) is 5.10 Å². The second-order valence-electron chi connectivity index (χ2n) is 5.79. The number of furan rings is 1. The Morgan fingerprint density at radius 2 is 1.89 bits per heavy atom. The summed E-state index contributed by atoms with van der Waals surface area (Å²) < 4.78 is 5.67. The topological polar surface area (TPSA) is 83.7 Å². The van der Waals surface area contributed by atoms with Crippen molar-refractivity contribution >= 4 is 46.9 Å². The number of rotatable bonds is 5. The molecule has 2 aromatic carbocycles. The van der Waals surface area contributed by atoms with E-state index in [0.717, 1.165) is 0 Å². The van der Waals surface area contributed by atoms with Gasteiger partial charge in [0.1, 0.15) is 11.5 Å². The van der Waals surface area contributed by atoms with Gasteiger partial charge in [0.2, 0.25) is 5.91 Å². The van der Waals surface area contributed by atoms with Crippen LogP contribution in [0.2, 0.25) is 10.0 Å². The summed E-state index contributed by atoms with van der Waals surface area (Å²) in [4.78, 5) is 23.3. The van der Waals surface area contributed by atoms with Crippen LogP contribution in [0.25, 0.3) is 11.3 Å². The van der Waals surface area contributed by atoms with E-state index in [2.05, 4.69) is 15.8 Å². The lowest BCUT2D eigenvalue weighted by Gasteiger charge is -2.04. The highest BCUT2D eigenvalue weighted by Gasteiger charge is 2.09. The molecule has 28 heavy (non-hydrogen) atoms. The number of anilines is 1. The Bertz CT molecular complexity index is 1060. The summed E-state index contributed by atoms with van der Waals surface area (Å²) in [6.07, 6.45) is 1.38. The molecule has 0 aliphatic heterocycles. The van der Waals surface area contributed by atoms with E-state index in [1.165, 1.54) is 13.1 Å². The monoisotopic (exact) mass is 415 g/mol. The van der Waals surface area contributed by atoms with Crippen molar-refractivity contribution < 1.29 is 14.0 Å². The van der Waals surface area contributed by atoms with Gasteiger partial charge >= 0.3 is 0 Å². The highest BCUT2D eigenvalue weighted by molar-refractivity contribution is 6.36. The standard InChI is InChI=1S/C20H15Cl2N3O3/c1-12(26)24-15-4-2-3-13(9-15)20(27)25-23-11-16-6-8-19(28-16)17-7-5-14(21)10-18(17)22/h2-11H,1H3,(H,24,26)(H,25,27)/b23-11-. The number of amides is 2. The van der Waals surface area contributed by atoms with E-state index in [9.17, 15) is 9.59 Å². The Labute approximate surface area is 171 Å². The van der Waals surface area contributed by atoms with Crippen LogP contribution in [0, 0.1) is 0 Å². The van der Waals surface area contributed by atoms with E-state index in [1.54, 1.807) is 54.6 Å². The molecule has 0 bridgehead atoms. The first-order valence-corrected chi connectivity index (χ1v) is 8.94. The second-order valence-corrected chi connectivity index (χ2v) is 6.63. The highest BCUT2D eigenvalue weighted by atomic mass is 35.5. The van der Waals surface area contributed by atoms with Gasteiger partial charge in [-0.05, 0) is 48.5 Å². The van der Waals surface area contributed by atoms with Crippen molar-refractivity contribution in [1.82, 2.24) is 5.43 Å². The molecule has 0 aliphatic carbocycles. The van der Waals surface area contributed by atoms with Gasteiger partial charge in [-0.15, -0.1) is 0 Å². The Morgan fingerprint density at radius 3 is 2.64 bits per heavy atom. The van der Waals surface area contributed by atoms with Gasteiger partial charge in [0.15, 0.2) is 0 Å². The molecule has 0 unspecified atom stereocenters. The Balaban J connectivity index is 1.66. The molecule has 2 amide bonds. The summed E-state index contributed by atoms with van der Waals surface area (Å²) in [6.45, 7) is 1.39. The zero-order chi connectivity index (χ0) is 20.1. The van der Waals surface area contributed by atoms with E-state index in [-0.39, 0.29) is 5.91 Å². The molecule has 0 aliphatic rings. The predicted octanol–water partition coefficient (Wildman–Crippen LogP) is 4.98. The van der Waals surface area contributed by atoms with Gasteiger partial charge in [-0.2, -0.15) is 5.10 Å². The van der Waals surface area contributed by atoms with Gasteiger partial charge in [-0.25, -0.2) is 5.43 Å². The number of nitrogens with one attached hydrogen (secondary N) is 2. The van der Waals surface area contributed by atoms with Crippen LogP contribution in [0.3, 0.4) is 0 Å². The summed E-state index contributed by atoms with van der Waals surface area (Å²) in [5.41, 5.74) is 3.99. The molecular formula is C20H15Cl2N3O3. The van der Waals surface area contributed by atoms with Crippen LogP contribution in [0.4, 0.5) is 5.69 Å². The molecule has 1 heterocycles. The van der Waals surface area contributed by atoms with E-state index in [4.69, 9.17) is 27.6 Å². The van der Waals surface area contributed by atoms with Crippen molar-refractivity contribution in [3.8, 4) is 11.3 Å². The summed E-state index contributed by atoms with van der Waals surface area (Å²) >= 11 is 12.1. The van der Waals surface area contributed by atoms with Crippen LogP contribution in [0.15, 0.2) is 64.1 Å². The molecule has 3 aromatic rings. The average molecular weight is 416 g/mol. The quantitative estimate of drug-likeness (QED) is 0.455. The zero-order valence-corrected chi connectivity index (χ0v) is 16.2. The van der Waals surface area contributed by atoms with E-state index >= 15 is 0 Å². The first-order chi connectivity index (χ1) is 13.4. The SMILES string of the molecule is CC(=O)Nc1cccc(C(=O)N/N=C\c2ccc(-c3ccc(Cl)cc3Cl)o2)c1. The van der Waals surface area contributed by atoms with Crippen LogP contribution < -0.4 is 10.7 Å². The fourth-order valence-corrected chi connectivity index (χ4v) is 2.92. The predicted molar refractivity (Wildman–Crippen MR) is 110 cm³/mol. The number of hydrogen-bond donors (Lipinski definition) is 2. The average Bonchev–Trinajstić information content (AvgIpc) is 3.10. The Kier molecular flexibility index (Phi) is 6.13. The van der Waals surface area contributed by atoms with Gasteiger partial charge in [0.25, 0.3) is 5.91 Å². The largest absolute Gasteiger partial charge is 0.455 e. The molecule has 0 saturated heterocycles. The van der Waals surface area contributed by atoms with Gasteiger partial charge in [-0.3, -0.25) is 9.59 Å². The van der Waals surface area contributed by atoms with Gasteiger partial charge in [0, 0.05) is 28.8 Å². The van der Waals surface area contributed by atoms with Crippen LogP contribution in [0.5, 0.6) is 0 Å². The number of carbonyl (C=O) groups is 2. The third-order valence-corrected chi connectivity index (χ3v) is 4.17. The molecule has 0 atom stereocenters. The minimum Gasteiger partial charge on any atom is -0.455 e. The number of nitrogens with zero attached hydrogens (tertiary/aromatic N) is 1. The van der Waals surface area contributed by atoms with Gasteiger partial charge in [-0.1, -0.05) is 29.3 Å². The van der Waals surface area contributed by atoms with Crippen LogP contribution in [-0.2, 0) is 4.79 Å². The lowest BCUT2D eigenvalue weighted by Crippen LogP contribution is -2.18. The number of hydrazone groups is 1. The third kappa shape index (κ3) is 5.00. The van der Waals surface area contributed by atoms with Crippen molar-refractivity contribution in [1.29, 1.82) is 0 Å². The Morgan fingerprint density at radius 1 is 1.07 bits per heavy atom. The maximum Gasteiger partial charge on any atom is 0.271 e. The molecule has 142 valence electrons. The lowest BCUT2D eigenvalue weighted by atomic mass is 10.2. The molecule has 0 spiro atoms. The molecule has 1 aromatic heterocycles. The van der Waals surface area contributed by atoms with Gasteiger partial charge < -0.3 is 9.73 Å². The minimum atomic E-state index is -0.420. The smallest absolute Gasteiger partial charge is 0.271 e. The summed E-state index contributed by atoms with van der Waals surface area (Å²) in [5, 5.41) is 7.51. The Hall–Kier alpha value is -3.09. The lowest BCUT2D eigenvalue weighted by molar-refractivity contribution is -0.114. The molecule has 3 rings (SSSR count). The molecule has 8 heteroatoms. The molecule has 6 nitrogen and oxygen atoms in total. The molecule has 0 radical (unpaired) electrons. The van der Waals surface area contributed by atoms with Crippen LogP contribution in [0.1, 0.15) is 23.0 Å². The number of hydrogen-bond acceptors (Lipinski definition) is 4. The third-order valence-electron chi connectivity index (χ3n) is 3.63. The molecular weight excluding hydrogens is 401 g/mol. The number of benzene rings is 2. The maximum absolute atomic E-state index is 12.2. The van der Waals surface area contributed by atoms with E-state index < -0.39 is 5.91 Å². The fourth-order valence-electron chi connectivity index (χ4n) is 2.42. The van der Waals surface area contributed by atoms with E-state index in [1.807, 2.05) is 0 Å². The number of carbonyl (C=O) groups excluding carboxylic acids is 2. The van der Waals surface area contributed by atoms with Crippen LogP contribution >= 0.6 is 23.2 Å². The van der Waals surface area contributed by atoms with E-state index in [0.29, 0.717) is 38.4 Å². The molecule has 0 fully saturated rings. The summed E-state index contributed by atoms with van der Waals surface area (Å²) in [7, 11) is 0. The normalized spacial score (nSPS) is 10.8. The molecule has 2 N–H and O–H groups in total. The van der Waals surface area contributed by atoms with Crippen molar-refractivity contribution in [2.75, 3.05) is 5.32 Å². The van der Waals surface area contributed by atoms with Crippen molar-refractivity contribution in [3.05, 3.63) is 76.0 Å². The first kappa shape index (κ1) is 19.7. The van der Waals surface area contributed by atoms with Gasteiger partial charge in [0.05, 0.1) is 11.2 Å². The highest BCUT2D eigenvalue weighted by Crippen LogP contribution is 2.31. The van der Waals surface area contributed by atoms with Crippen molar-refractivity contribution in [2.45, 2.75) is 6.92 Å². The summed E-state index contributed by atoms with van der Waals surface area (Å²) in [6, 6.07) is 15.1. The fraction of sp³-hybridized carbons (Fsp3) is 0.0500. The first-order valence-electron chi connectivity index (χ1n) is 8.19. The summed E-state index contributed by atoms with van der Waals surface area (Å²) in [5.74, 6) is 0.353. The van der Waals surface area contributed by atoms with Crippen molar-refractivity contribution in [3.63, 3.8) is 0 Å². The molecule has 0 saturated carbocycles. The minimum absolute atomic E-state index is 0.218.